The molecule has 3 heterocycles. The van der Waals surface area contributed by atoms with Crippen molar-refractivity contribution in [3.63, 3.8) is 0 Å². The lowest BCUT2D eigenvalue weighted by atomic mass is 10.0. The van der Waals surface area contributed by atoms with Gasteiger partial charge in [0.05, 0.1) is 21.8 Å². The summed E-state index contributed by atoms with van der Waals surface area (Å²) in [7, 11) is -3.65. The molecule has 9 nitrogen and oxygen atoms in total. The second kappa shape index (κ2) is 8.72. The van der Waals surface area contributed by atoms with Crippen LogP contribution in [-0.4, -0.2) is 59.2 Å². The van der Waals surface area contributed by atoms with Crippen molar-refractivity contribution in [1.82, 2.24) is 24.3 Å². The lowest BCUT2D eigenvalue weighted by molar-refractivity contribution is 0.170. The van der Waals surface area contributed by atoms with Crippen LogP contribution in [0.2, 0.25) is 0 Å². The van der Waals surface area contributed by atoms with Crippen molar-refractivity contribution >= 4 is 27.6 Å². The van der Waals surface area contributed by atoms with Gasteiger partial charge in [-0.3, -0.25) is 0 Å². The van der Waals surface area contributed by atoms with E-state index in [1.54, 1.807) is 0 Å². The Bertz CT molecular complexity index is 1300. The van der Waals surface area contributed by atoms with Crippen LogP contribution in [0.4, 0.5) is 20.7 Å². The summed E-state index contributed by atoms with van der Waals surface area (Å²) in [6, 6.07) is 5.39. The predicted octanol–water partition coefficient (Wildman–Crippen LogP) is 4.09. The van der Waals surface area contributed by atoms with Gasteiger partial charge in [0.25, 0.3) is 0 Å². The first-order valence-electron chi connectivity index (χ1n) is 12.6. The van der Waals surface area contributed by atoms with Gasteiger partial charge in [-0.1, -0.05) is 0 Å². The molecule has 1 aliphatic carbocycles. The molecule has 2 fully saturated rings. The number of benzene rings is 1. The number of hydrogen-bond donors (Lipinski definition) is 2. The Morgan fingerprint density at radius 2 is 1.94 bits per heavy atom. The monoisotopic (exact) mass is 518 g/mol. The molecule has 1 aromatic heterocycles. The molecule has 1 aromatic carbocycles. The summed E-state index contributed by atoms with van der Waals surface area (Å²) in [4.78, 5) is 16.8. The van der Waals surface area contributed by atoms with Crippen molar-refractivity contribution in [3.8, 4) is 0 Å². The van der Waals surface area contributed by atoms with E-state index in [1.807, 2.05) is 55.2 Å². The van der Waals surface area contributed by atoms with Crippen molar-refractivity contribution in [2.24, 2.45) is 0 Å². The van der Waals surface area contributed by atoms with Crippen molar-refractivity contribution < 1.29 is 17.6 Å². The van der Waals surface area contributed by atoms with Gasteiger partial charge in [-0.2, -0.15) is 5.10 Å². The minimum atomic E-state index is -3.65. The fraction of sp³-hybridized carbons (Fsp3) is 0.600. The zero-order valence-corrected chi connectivity index (χ0v) is 22.3. The molecule has 0 spiro atoms. The van der Waals surface area contributed by atoms with Crippen LogP contribution >= 0.6 is 0 Å². The summed E-state index contributed by atoms with van der Waals surface area (Å²) in [6.07, 6.45) is 2.73. The van der Waals surface area contributed by atoms with Crippen LogP contribution < -0.4 is 10.0 Å². The number of amides is 2. The fourth-order valence-corrected chi connectivity index (χ4v) is 6.82. The second-order valence-corrected chi connectivity index (χ2v) is 13.1. The zero-order valence-electron chi connectivity index (χ0n) is 21.5. The van der Waals surface area contributed by atoms with Crippen molar-refractivity contribution in [3.05, 3.63) is 35.3 Å². The highest BCUT2D eigenvalue weighted by atomic mass is 32.2. The Morgan fingerprint density at radius 3 is 2.61 bits per heavy atom. The lowest BCUT2D eigenvalue weighted by Crippen LogP contribution is -2.40. The highest BCUT2D eigenvalue weighted by Gasteiger charge is 2.40. The van der Waals surface area contributed by atoms with E-state index >= 15 is 4.39 Å². The first-order valence-corrected chi connectivity index (χ1v) is 14.1. The molecule has 36 heavy (non-hydrogen) atoms. The van der Waals surface area contributed by atoms with Gasteiger partial charge in [0, 0.05) is 49.3 Å². The number of sulfonamides is 1. The van der Waals surface area contributed by atoms with Gasteiger partial charge in [-0.15, -0.1) is 0 Å². The number of urea groups is 1. The summed E-state index contributed by atoms with van der Waals surface area (Å²) in [5.74, 6) is 0.281. The zero-order chi connectivity index (χ0) is 26.0. The summed E-state index contributed by atoms with van der Waals surface area (Å²) in [6.45, 7) is 11.7. The highest BCUT2D eigenvalue weighted by Crippen LogP contribution is 2.40. The normalized spacial score (nSPS) is 23.7. The molecule has 1 saturated heterocycles. The molecule has 0 bridgehead atoms. The van der Waals surface area contributed by atoms with Gasteiger partial charge in [-0.05, 0) is 66.0 Å². The maximum absolute atomic E-state index is 15.2. The molecule has 2 atom stereocenters. The van der Waals surface area contributed by atoms with Crippen molar-refractivity contribution in [2.45, 2.75) is 88.9 Å². The third-order valence-electron chi connectivity index (χ3n) is 7.52. The van der Waals surface area contributed by atoms with E-state index in [2.05, 4.69) is 10.0 Å². The topological polar surface area (TPSA) is 99.6 Å². The molecule has 0 radical (unpaired) electrons. The summed E-state index contributed by atoms with van der Waals surface area (Å²) in [5.41, 5.74) is 0.921. The third kappa shape index (κ3) is 4.26. The molecule has 1 saturated carbocycles. The van der Waals surface area contributed by atoms with E-state index in [1.165, 1.54) is 12.1 Å². The Hall–Kier alpha value is -2.66. The molecule has 2 N–H and O–H groups in total. The van der Waals surface area contributed by atoms with E-state index in [0.29, 0.717) is 5.82 Å². The van der Waals surface area contributed by atoms with Crippen LogP contribution in [0.3, 0.4) is 0 Å². The molecule has 2 aromatic rings. The number of rotatable bonds is 5. The standard InChI is InChI=1S/C25H35FN6O3S/c1-15(2)30-10-11-31(24(30)33)17-7-6-16(12-17)20-13-22(32(29-20)25(3,4)5)28-19-8-9-21-18(23(19)26)14-27-36(21,34)35/h8-9,13,15-17,27-28H,6-7,10-12,14H2,1-5H3/t16-,17+/m1/s1. The SMILES string of the molecule is CC(C)N1CCN([C@H]2CC[C@@H](c3cc(Nc4ccc5c(c4F)CNS5(=O)=O)n(C(C)(C)C)n3)C2)C1=O. The number of halogens is 1. The predicted molar refractivity (Wildman–Crippen MR) is 135 cm³/mol. The quantitative estimate of drug-likeness (QED) is 0.621. The smallest absolute Gasteiger partial charge is 0.320 e. The largest absolute Gasteiger partial charge is 0.338 e. The van der Waals surface area contributed by atoms with Gasteiger partial charge >= 0.3 is 6.03 Å². The first-order chi connectivity index (χ1) is 16.9. The molecule has 11 heteroatoms. The van der Waals surface area contributed by atoms with Crippen LogP contribution in [0.5, 0.6) is 0 Å². The van der Waals surface area contributed by atoms with Crippen LogP contribution in [0.25, 0.3) is 0 Å². The maximum atomic E-state index is 15.2. The Balaban J connectivity index is 1.39. The lowest BCUT2D eigenvalue weighted by Gasteiger charge is -2.26. The average Bonchev–Trinajstić information content (AvgIpc) is 3.55. The van der Waals surface area contributed by atoms with Crippen molar-refractivity contribution in [2.75, 3.05) is 18.4 Å². The van der Waals surface area contributed by atoms with E-state index in [9.17, 15) is 13.2 Å². The first kappa shape index (κ1) is 25.0. The summed E-state index contributed by atoms with van der Waals surface area (Å²) < 4.78 is 43.6. The molecule has 2 amide bonds. The van der Waals surface area contributed by atoms with Crippen LogP contribution in [-0.2, 0) is 22.1 Å². The number of anilines is 2. The molecule has 2 aliphatic heterocycles. The van der Waals surface area contributed by atoms with Gasteiger partial charge in [0.15, 0.2) is 5.82 Å². The molecule has 5 rings (SSSR count). The summed E-state index contributed by atoms with van der Waals surface area (Å²) >= 11 is 0. The number of nitrogens with one attached hydrogen (secondary N) is 2. The van der Waals surface area contributed by atoms with Gasteiger partial charge < -0.3 is 15.1 Å². The van der Waals surface area contributed by atoms with E-state index < -0.39 is 15.8 Å². The van der Waals surface area contributed by atoms with Crippen LogP contribution in [0, 0.1) is 5.82 Å². The molecular formula is C25H35FN6O3S. The molecule has 196 valence electrons. The van der Waals surface area contributed by atoms with Crippen LogP contribution in [0.15, 0.2) is 23.1 Å². The minimum absolute atomic E-state index is 0.0138. The number of fused-ring (bicyclic) bond motifs is 1. The Morgan fingerprint density at radius 1 is 1.19 bits per heavy atom. The van der Waals surface area contributed by atoms with E-state index in [4.69, 9.17) is 5.10 Å². The highest BCUT2D eigenvalue weighted by molar-refractivity contribution is 7.89. The number of aromatic nitrogens is 2. The van der Waals surface area contributed by atoms with Crippen LogP contribution in [0.1, 0.15) is 71.1 Å². The molecular weight excluding hydrogens is 483 g/mol. The number of carbonyl (C=O) groups is 1. The summed E-state index contributed by atoms with van der Waals surface area (Å²) in [5, 5.41) is 8.09. The Labute approximate surface area is 212 Å². The van der Waals surface area contributed by atoms with E-state index in [-0.39, 0.29) is 52.3 Å². The van der Waals surface area contributed by atoms with Gasteiger partial charge in [0.2, 0.25) is 10.0 Å². The van der Waals surface area contributed by atoms with Gasteiger partial charge in [0.1, 0.15) is 5.82 Å². The maximum Gasteiger partial charge on any atom is 0.320 e. The number of hydrogen-bond acceptors (Lipinski definition) is 5. The molecule has 0 unspecified atom stereocenters. The van der Waals surface area contributed by atoms with E-state index in [0.717, 1.165) is 38.0 Å². The Kier molecular flexibility index (Phi) is 6.06. The third-order valence-corrected chi connectivity index (χ3v) is 9.00. The fourth-order valence-electron chi connectivity index (χ4n) is 5.60. The number of carbonyl (C=O) groups excluding carboxylic acids is 1. The average molecular weight is 519 g/mol. The number of nitrogens with zero attached hydrogens (tertiary/aromatic N) is 4. The second-order valence-electron chi connectivity index (χ2n) is 11.3. The van der Waals surface area contributed by atoms with Crippen molar-refractivity contribution in [1.29, 1.82) is 0 Å². The minimum Gasteiger partial charge on any atom is -0.338 e. The molecule has 3 aliphatic rings. The van der Waals surface area contributed by atoms with Gasteiger partial charge in [-0.25, -0.2) is 27.0 Å².